The van der Waals surface area contributed by atoms with Crippen molar-refractivity contribution in [3.8, 4) is 0 Å². The van der Waals surface area contributed by atoms with Crippen LogP contribution in [0.5, 0.6) is 0 Å². The van der Waals surface area contributed by atoms with Crippen molar-refractivity contribution >= 4 is 11.8 Å². The van der Waals surface area contributed by atoms with Crippen molar-refractivity contribution < 1.29 is 5.11 Å². The number of aromatic nitrogens is 2. The minimum Gasteiger partial charge on any atom is -0.390 e. The molecule has 1 heterocycles. The van der Waals surface area contributed by atoms with Gasteiger partial charge in [0.05, 0.1) is 5.60 Å². The fourth-order valence-corrected chi connectivity index (χ4v) is 3.03. The van der Waals surface area contributed by atoms with Crippen LogP contribution in [0.1, 0.15) is 39.7 Å². The van der Waals surface area contributed by atoms with Gasteiger partial charge in [-0.15, -0.1) is 0 Å². The van der Waals surface area contributed by atoms with Gasteiger partial charge >= 0.3 is 0 Å². The summed E-state index contributed by atoms with van der Waals surface area (Å²) in [5.74, 6) is 0. The molecular formula is C12H20N2O2S. The molecule has 96 valence electrons. The van der Waals surface area contributed by atoms with E-state index in [1.165, 1.54) is 11.8 Å². The number of aromatic amines is 1. The predicted molar refractivity (Wildman–Crippen MR) is 70.4 cm³/mol. The van der Waals surface area contributed by atoms with Crippen LogP contribution in [0.4, 0.5) is 0 Å². The second-order valence-electron chi connectivity index (χ2n) is 5.55. The Labute approximate surface area is 106 Å². The lowest BCUT2D eigenvalue weighted by molar-refractivity contribution is 0.0629. The van der Waals surface area contributed by atoms with E-state index < -0.39 is 5.60 Å². The number of aliphatic hydroxyl groups is 1. The normalized spacial score (nSPS) is 12.8. The van der Waals surface area contributed by atoms with Crippen LogP contribution in [0.25, 0.3) is 0 Å². The number of nitrogens with zero attached hydrogens (tertiary/aromatic N) is 1. The smallest absolute Gasteiger partial charge is 0.254 e. The molecule has 0 spiro atoms. The Morgan fingerprint density at radius 3 is 2.47 bits per heavy atom. The zero-order valence-electron chi connectivity index (χ0n) is 11.0. The van der Waals surface area contributed by atoms with Gasteiger partial charge < -0.3 is 10.1 Å². The molecule has 0 fully saturated rings. The van der Waals surface area contributed by atoms with Gasteiger partial charge in [0.1, 0.15) is 0 Å². The maximum absolute atomic E-state index is 11.5. The molecule has 4 nitrogen and oxygen atoms in total. The molecule has 0 unspecified atom stereocenters. The lowest BCUT2D eigenvalue weighted by Gasteiger charge is -2.30. The Morgan fingerprint density at radius 1 is 1.41 bits per heavy atom. The standard InChI is InChI=1S/C12H20N2O2S/c1-8-6-13-10(14-9(8)15)17-12(4,5)7-11(2,3)16/h6,16H,7H2,1-5H3,(H,13,14,15). The average molecular weight is 256 g/mol. The van der Waals surface area contributed by atoms with Gasteiger partial charge in [-0.1, -0.05) is 25.6 Å². The van der Waals surface area contributed by atoms with Crippen LogP contribution in [0, 0.1) is 6.92 Å². The topological polar surface area (TPSA) is 66.0 Å². The summed E-state index contributed by atoms with van der Waals surface area (Å²) in [6.45, 7) is 9.33. The van der Waals surface area contributed by atoms with Crippen molar-refractivity contribution in [3.63, 3.8) is 0 Å². The van der Waals surface area contributed by atoms with Crippen LogP contribution in [0.15, 0.2) is 16.1 Å². The third-order valence-electron chi connectivity index (χ3n) is 2.19. The number of H-pyrrole nitrogens is 1. The molecule has 0 amide bonds. The number of thioether (sulfide) groups is 1. The van der Waals surface area contributed by atoms with Crippen LogP contribution in [-0.2, 0) is 0 Å². The van der Waals surface area contributed by atoms with Crippen LogP contribution in [-0.4, -0.2) is 25.4 Å². The molecule has 5 heteroatoms. The zero-order valence-corrected chi connectivity index (χ0v) is 11.8. The molecule has 17 heavy (non-hydrogen) atoms. The SMILES string of the molecule is Cc1cnc(SC(C)(C)CC(C)(C)O)[nH]c1=O. The fraction of sp³-hybridized carbons (Fsp3) is 0.667. The summed E-state index contributed by atoms with van der Waals surface area (Å²) in [6.07, 6.45) is 2.18. The molecule has 0 saturated carbocycles. The first kappa shape index (κ1) is 14.3. The molecule has 0 radical (unpaired) electrons. The summed E-state index contributed by atoms with van der Waals surface area (Å²) < 4.78 is -0.191. The van der Waals surface area contributed by atoms with Crippen LogP contribution >= 0.6 is 11.8 Å². The van der Waals surface area contributed by atoms with Gasteiger partial charge in [-0.05, 0) is 27.2 Å². The highest BCUT2D eigenvalue weighted by Crippen LogP contribution is 2.36. The van der Waals surface area contributed by atoms with Gasteiger partial charge in [0, 0.05) is 16.5 Å². The molecule has 0 aliphatic rings. The van der Waals surface area contributed by atoms with E-state index in [9.17, 15) is 9.90 Å². The third kappa shape index (κ3) is 4.91. The zero-order chi connectivity index (χ0) is 13.3. The monoisotopic (exact) mass is 256 g/mol. The van der Waals surface area contributed by atoms with E-state index in [-0.39, 0.29) is 10.3 Å². The second-order valence-corrected chi connectivity index (χ2v) is 7.25. The van der Waals surface area contributed by atoms with Crippen molar-refractivity contribution in [2.45, 2.75) is 56.5 Å². The van der Waals surface area contributed by atoms with E-state index in [2.05, 4.69) is 9.97 Å². The van der Waals surface area contributed by atoms with E-state index in [0.717, 1.165) is 0 Å². The number of rotatable bonds is 4. The quantitative estimate of drug-likeness (QED) is 0.639. The maximum Gasteiger partial charge on any atom is 0.254 e. The van der Waals surface area contributed by atoms with E-state index in [1.807, 2.05) is 13.8 Å². The number of nitrogens with one attached hydrogen (secondary N) is 1. The van der Waals surface area contributed by atoms with Crippen LogP contribution in [0.2, 0.25) is 0 Å². The molecule has 0 saturated heterocycles. The summed E-state index contributed by atoms with van der Waals surface area (Å²) in [4.78, 5) is 18.4. The first-order valence-electron chi connectivity index (χ1n) is 5.56. The van der Waals surface area contributed by atoms with Gasteiger partial charge in [0.25, 0.3) is 5.56 Å². The number of aryl methyl sites for hydroxylation is 1. The molecule has 1 aromatic heterocycles. The van der Waals surface area contributed by atoms with E-state index in [4.69, 9.17) is 0 Å². The van der Waals surface area contributed by atoms with E-state index in [0.29, 0.717) is 17.1 Å². The molecule has 1 aromatic rings. The molecule has 0 bridgehead atoms. The highest BCUT2D eigenvalue weighted by atomic mass is 32.2. The van der Waals surface area contributed by atoms with Crippen molar-refractivity contribution in [1.29, 1.82) is 0 Å². The van der Waals surface area contributed by atoms with Crippen molar-refractivity contribution in [1.82, 2.24) is 9.97 Å². The van der Waals surface area contributed by atoms with Crippen LogP contribution in [0.3, 0.4) is 0 Å². The summed E-state index contributed by atoms with van der Waals surface area (Å²) in [6, 6.07) is 0. The molecule has 0 aliphatic heterocycles. The predicted octanol–water partition coefficient (Wildman–Crippen LogP) is 2.11. The molecule has 2 N–H and O–H groups in total. The molecule has 0 atom stereocenters. The van der Waals surface area contributed by atoms with Gasteiger partial charge in [-0.3, -0.25) is 4.79 Å². The van der Waals surface area contributed by atoms with Crippen molar-refractivity contribution in [3.05, 3.63) is 22.1 Å². The molecular weight excluding hydrogens is 236 g/mol. The number of hydrogen-bond donors (Lipinski definition) is 2. The van der Waals surface area contributed by atoms with E-state index >= 15 is 0 Å². The Morgan fingerprint density at radius 2 is 2.00 bits per heavy atom. The summed E-state index contributed by atoms with van der Waals surface area (Å²) >= 11 is 1.47. The Bertz CT molecular complexity index is 447. The van der Waals surface area contributed by atoms with Crippen molar-refractivity contribution in [2.24, 2.45) is 0 Å². The van der Waals surface area contributed by atoms with Gasteiger partial charge in [-0.25, -0.2) is 4.98 Å². The summed E-state index contributed by atoms with van der Waals surface area (Å²) in [7, 11) is 0. The van der Waals surface area contributed by atoms with Gasteiger partial charge in [-0.2, -0.15) is 0 Å². The van der Waals surface area contributed by atoms with Gasteiger partial charge in [0.15, 0.2) is 5.16 Å². The molecule has 0 aromatic carbocycles. The first-order chi connectivity index (χ1) is 7.59. The number of hydrogen-bond acceptors (Lipinski definition) is 4. The Kier molecular flexibility index (Phi) is 4.04. The van der Waals surface area contributed by atoms with Gasteiger partial charge in [0.2, 0.25) is 0 Å². The van der Waals surface area contributed by atoms with Crippen LogP contribution < -0.4 is 5.56 Å². The third-order valence-corrected chi connectivity index (χ3v) is 3.28. The molecule has 1 rings (SSSR count). The minimum atomic E-state index is -0.735. The minimum absolute atomic E-state index is 0.110. The lowest BCUT2D eigenvalue weighted by atomic mass is 9.96. The van der Waals surface area contributed by atoms with E-state index in [1.54, 1.807) is 27.0 Å². The lowest BCUT2D eigenvalue weighted by Crippen LogP contribution is -2.30. The Hall–Kier alpha value is -0.810. The average Bonchev–Trinajstić information content (AvgIpc) is 2.06. The Balaban J connectivity index is 2.83. The summed E-state index contributed by atoms with van der Waals surface area (Å²) in [5, 5.41) is 10.4. The fourth-order valence-electron chi connectivity index (χ4n) is 1.83. The molecule has 0 aliphatic carbocycles. The highest BCUT2D eigenvalue weighted by Gasteiger charge is 2.28. The summed E-state index contributed by atoms with van der Waals surface area (Å²) in [5.41, 5.74) is -0.238. The highest BCUT2D eigenvalue weighted by molar-refractivity contribution is 8.00. The van der Waals surface area contributed by atoms with Crippen molar-refractivity contribution in [2.75, 3.05) is 0 Å². The largest absolute Gasteiger partial charge is 0.390 e. The first-order valence-corrected chi connectivity index (χ1v) is 6.38. The second kappa shape index (κ2) is 4.82. The maximum atomic E-state index is 11.5.